The number of fused-ring (bicyclic) bond motifs is 1. The number of H-pyrrole nitrogens is 1. The number of aromatic nitrogens is 4. The number of aryl methyl sites for hydroxylation is 2. The van der Waals surface area contributed by atoms with Crippen molar-refractivity contribution in [3.05, 3.63) is 40.9 Å². The van der Waals surface area contributed by atoms with Gasteiger partial charge in [-0.3, -0.25) is 0 Å². The number of aromatic amines is 1. The molecule has 6 heteroatoms. The van der Waals surface area contributed by atoms with E-state index in [2.05, 4.69) is 19.9 Å². The third-order valence-corrected chi connectivity index (χ3v) is 3.00. The van der Waals surface area contributed by atoms with Crippen LogP contribution in [0.4, 0.5) is 0 Å². The number of nitrogens with one attached hydrogen (secondary N) is 1. The Kier molecular flexibility index (Phi) is 2.83. The van der Waals surface area contributed by atoms with Gasteiger partial charge in [-0.1, -0.05) is 18.2 Å². The van der Waals surface area contributed by atoms with Crippen LogP contribution in [0.3, 0.4) is 0 Å². The van der Waals surface area contributed by atoms with Crippen LogP contribution in [0.25, 0.3) is 11.2 Å². The lowest BCUT2D eigenvalue weighted by Crippen LogP contribution is -1.96. The fourth-order valence-electron chi connectivity index (χ4n) is 1.91. The zero-order chi connectivity index (χ0) is 13.4. The predicted molar refractivity (Wildman–Crippen MR) is 72.7 cm³/mol. The van der Waals surface area contributed by atoms with Crippen molar-refractivity contribution in [1.29, 1.82) is 0 Å². The number of rotatable bonds is 2. The Hall–Kier alpha value is -2.14. The predicted octanol–water partition coefficient (Wildman–Crippen LogP) is 3.42. The molecule has 0 saturated heterocycles. The maximum atomic E-state index is 5.89. The molecule has 0 spiro atoms. The molecule has 0 aliphatic carbocycles. The summed E-state index contributed by atoms with van der Waals surface area (Å²) in [6, 6.07) is 5.95. The monoisotopic (exact) mass is 274 g/mol. The molecule has 96 valence electrons. The average Bonchev–Trinajstić information content (AvgIpc) is 2.81. The highest BCUT2D eigenvalue weighted by Gasteiger charge is 2.13. The first kappa shape index (κ1) is 11.9. The van der Waals surface area contributed by atoms with Crippen LogP contribution in [0, 0.1) is 13.8 Å². The maximum absolute atomic E-state index is 5.89. The molecule has 0 aliphatic heterocycles. The first-order valence-electron chi connectivity index (χ1n) is 5.76. The first-order chi connectivity index (χ1) is 9.15. The maximum Gasteiger partial charge on any atom is 0.250 e. The molecule has 0 unspecified atom stereocenters. The second-order valence-corrected chi connectivity index (χ2v) is 4.56. The van der Waals surface area contributed by atoms with Crippen LogP contribution >= 0.6 is 11.6 Å². The Morgan fingerprint density at radius 1 is 1.16 bits per heavy atom. The van der Waals surface area contributed by atoms with Gasteiger partial charge in [-0.25, -0.2) is 4.98 Å². The number of ether oxygens (including phenoxy) is 1. The minimum Gasteiger partial charge on any atom is -0.436 e. The molecule has 3 rings (SSSR count). The van der Waals surface area contributed by atoms with Crippen molar-refractivity contribution in [2.24, 2.45) is 0 Å². The van der Waals surface area contributed by atoms with E-state index in [4.69, 9.17) is 16.3 Å². The van der Waals surface area contributed by atoms with Gasteiger partial charge in [0.05, 0.1) is 6.33 Å². The second kappa shape index (κ2) is 4.51. The van der Waals surface area contributed by atoms with Crippen molar-refractivity contribution >= 4 is 22.8 Å². The molecular weight excluding hydrogens is 264 g/mol. The normalized spacial score (nSPS) is 10.9. The van der Waals surface area contributed by atoms with E-state index in [9.17, 15) is 0 Å². The highest BCUT2D eigenvalue weighted by molar-refractivity contribution is 6.28. The van der Waals surface area contributed by atoms with Crippen molar-refractivity contribution in [2.75, 3.05) is 0 Å². The Labute approximate surface area is 114 Å². The van der Waals surface area contributed by atoms with E-state index in [1.165, 1.54) is 6.33 Å². The number of halogens is 1. The van der Waals surface area contributed by atoms with Gasteiger partial charge in [-0.2, -0.15) is 9.97 Å². The molecule has 2 aromatic heterocycles. The van der Waals surface area contributed by atoms with E-state index in [1.807, 2.05) is 32.0 Å². The minimum absolute atomic E-state index is 0.112. The summed E-state index contributed by atoms with van der Waals surface area (Å²) in [6.07, 6.45) is 1.53. The Morgan fingerprint density at radius 2 is 1.89 bits per heavy atom. The first-order valence-corrected chi connectivity index (χ1v) is 6.13. The van der Waals surface area contributed by atoms with E-state index in [0.29, 0.717) is 17.0 Å². The summed E-state index contributed by atoms with van der Waals surface area (Å²) in [5, 5.41) is 0.112. The van der Waals surface area contributed by atoms with Crippen LogP contribution in [0.5, 0.6) is 11.6 Å². The van der Waals surface area contributed by atoms with E-state index in [-0.39, 0.29) is 5.28 Å². The fourth-order valence-corrected chi connectivity index (χ4v) is 2.07. The lowest BCUT2D eigenvalue weighted by Gasteiger charge is -2.11. The van der Waals surface area contributed by atoms with Crippen molar-refractivity contribution in [3.8, 4) is 11.6 Å². The largest absolute Gasteiger partial charge is 0.436 e. The Bertz CT molecular complexity index is 733. The van der Waals surface area contributed by atoms with Gasteiger partial charge < -0.3 is 9.72 Å². The molecule has 0 saturated carbocycles. The van der Waals surface area contributed by atoms with E-state index >= 15 is 0 Å². The molecule has 0 radical (unpaired) electrons. The highest BCUT2D eigenvalue weighted by Crippen LogP contribution is 2.30. The van der Waals surface area contributed by atoms with Crippen LogP contribution in [0.2, 0.25) is 5.28 Å². The molecule has 0 fully saturated rings. The third-order valence-electron chi connectivity index (χ3n) is 2.83. The summed E-state index contributed by atoms with van der Waals surface area (Å²) in [6.45, 7) is 3.96. The summed E-state index contributed by atoms with van der Waals surface area (Å²) >= 11 is 5.87. The van der Waals surface area contributed by atoms with Crippen molar-refractivity contribution in [2.45, 2.75) is 13.8 Å². The number of imidazole rings is 1. The molecule has 2 heterocycles. The SMILES string of the molecule is Cc1cccc(C)c1Oc1nc(Cl)nc2nc[nH]c12. The molecule has 5 nitrogen and oxygen atoms in total. The summed E-state index contributed by atoms with van der Waals surface area (Å²) in [5.74, 6) is 1.15. The lowest BCUT2D eigenvalue weighted by atomic mass is 10.1. The summed E-state index contributed by atoms with van der Waals surface area (Å²) in [5.41, 5.74) is 3.18. The van der Waals surface area contributed by atoms with Gasteiger partial charge in [0.2, 0.25) is 11.2 Å². The summed E-state index contributed by atoms with van der Waals surface area (Å²) in [7, 11) is 0. The number of hydrogen-bond donors (Lipinski definition) is 1. The van der Waals surface area contributed by atoms with E-state index in [1.54, 1.807) is 0 Å². The fraction of sp³-hybridized carbons (Fsp3) is 0.154. The standard InChI is InChI=1S/C13H11ClN4O/c1-7-4-3-5-8(2)10(7)19-12-9-11(16-6-15-9)17-13(14)18-12/h3-6H,1-2H3,(H,15,16,17,18). The molecule has 3 aromatic rings. The van der Waals surface area contributed by atoms with E-state index in [0.717, 1.165) is 16.9 Å². The van der Waals surface area contributed by atoms with Crippen molar-refractivity contribution in [1.82, 2.24) is 19.9 Å². The number of hydrogen-bond acceptors (Lipinski definition) is 4. The highest BCUT2D eigenvalue weighted by atomic mass is 35.5. The molecule has 19 heavy (non-hydrogen) atoms. The molecular formula is C13H11ClN4O. The molecule has 0 bridgehead atoms. The van der Waals surface area contributed by atoms with Gasteiger partial charge in [-0.05, 0) is 36.6 Å². The molecule has 0 amide bonds. The topological polar surface area (TPSA) is 63.7 Å². The van der Waals surface area contributed by atoms with E-state index < -0.39 is 0 Å². The zero-order valence-corrected chi connectivity index (χ0v) is 11.2. The molecule has 1 N–H and O–H groups in total. The van der Waals surface area contributed by atoms with Crippen molar-refractivity contribution < 1.29 is 4.74 Å². The van der Waals surface area contributed by atoms with Gasteiger partial charge >= 0.3 is 0 Å². The van der Waals surface area contributed by atoms with Crippen LogP contribution < -0.4 is 4.74 Å². The summed E-state index contributed by atoms with van der Waals surface area (Å²) < 4.78 is 5.89. The van der Waals surface area contributed by atoms with Crippen LogP contribution in [0.1, 0.15) is 11.1 Å². The summed E-state index contributed by atoms with van der Waals surface area (Å²) in [4.78, 5) is 15.1. The minimum atomic E-state index is 0.112. The van der Waals surface area contributed by atoms with Gasteiger partial charge in [-0.15, -0.1) is 0 Å². The van der Waals surface area contributed by atoms with Crippen LogP contribution in [-0.2, 0) is 0 Å². The van der Waals surface area contributed by atoms with Crippen molar-refractivity contribution in [3.63, 3.8) is 0 Å². The number of nitrogens with zero attached hydrogens (tertiary/aromatic N) is 3. The lowest BCUT2D eigenvalue weighted by molar-refractivity contribution is 0.460. The molecule has 0 aliphatic rings. The quantitative estimate of drug-likeness (QED) is 0.727. The Balaban J connectivity index is 2.13. The van der Waals surface area contributed by atoms with Crippen LogP contribution in [0.15, 0.2) is 24.5 Å². The molecule has 1 aromatic carbocycles. The second-order valence-electron chi connectivity index (χ2n) is 4.22. The van der Waals surface area contributed by atoms with Gasteiger partial charge in [0.1, 0.15) is 11.3 Å². The molecule has 0 atom stereocenters. The van der Waals surface area contributed by atoms with Gasteiger partial charge in [0, 0.05) is 0 Å². The van der Waals surface area contributed by atoms with Gasteiger partial charge in [0.15, 0.2) is 5.65 Å². The average molecular weight is 275 g/mol. The number of para-hydroxylation sites is 1. The number of benzene rings is 1. The zero-order valence-electron chi connectivity index (χ0n) is 10.4. The Morgan fingerprint density at radius 3 is 2.63 bits per heavy atom. The van der Waals surface area contributed by atoms with Gasteiger partial charge in [0.25, 0.3) is 0 Å². The third kappa shape index (κ3) is 2.13. The smallest absolute Gasteiger partial charge is 0.250 e. The van der Waals surface area contributed by atoms with Crippen LogP contribution in [-0.4, -0.2) is 19.9 Å².